The fourth-order valence-corrected chi connectivity index (χ4v) is 3.22. The maximum Gasteiger partial charge on any atom is 0.297 e. The standard InChI is InChI=1S/C14H22N4O/c1-2-13-9-18(7-6-17(13)5-1)14-16-12(10-19-14)8-15-11-3-4-11/h10-11,13,15H,1-9H2. The van der Waals surface area contributed by atoms with Crippen molar-refractivity contribution in [3.05, 3.63) is 12.0 Å². The molecule has 104 valence electrons. The molecule has 5 nitrogen and oxygen atoms in total. The van der Waals surface area contributed by atoms with Crippen molar-refractivity contribution in [1.82, 2.24) is 15.2 Å². The molecule has 1 aromatic rings. The first kappa shape index (κ1) is 11.7. The van der Waals surface area contributed by atoms with Crippen LogP contribution in [0.5, 0.6) is 0 Å². The Morgan fingerprint density at radius 2 is 2.21 bits per heavy atom. The molecule has 0 aromatic carbocycles. The summed E-state index contributed by atoms with van der Waals surface area (Å²) < 4.78 is 5.66. The molecule has 2 aliphatic heterocycles. The molecule has 1 aromatic heterocycles. The van der Waals surface area contributed by atoms with Crippen LogP contribution in [0.1, 0.15) is 31.4 Å². The summed E-state index contributed by atoms with van der Waals surface area (Å²) in [4.78, 5) is 9.54. The molecule has 1 saturated carbocycles. The van der Waals surface area contributed by atoms with Crippen LogP contribution >= 0.6 is 0 Å². The van der Waals surface area contributed by atoms with Gasteiger partial charge in [-0.15, -0.1) is 0 Å². The summed E-state index contributed by atoms with van der Waals surface area (Å²) >= 11 is 0. The van der Waals surface area contributed by atoms with Crippen molar-refractivity contribution < 1.29 is 4.42 Å². The number of hydrogen-bond acceptors (Lipinski definition) is 5. The quantitative estimate of drug-likeness (QED) is 0.883. The molecule has 1 atom stereocenters. The molecule has 1 N–H and O–H groups in total. The fourth-order valence-electron chi connectivity index (χ4n) is 3.22. The first-order chi connectivity index (χ1) is 9.38. The molecule has 1 unspecified atom stereocenters. The summed E-state index contributed by atoms with van der Waals surface area (Å²) in [5, 5.41) is 3.48. The number of nitrogens with one attached hydrogen (secondary N) is 1. The van der Waals surface area contributed by atoms with Crippen LogP contribution in [0.2, 0.25) is 0 Å². The van der Waals surface area contributed by atoms with Gasteiger partial charge in [-0.1, -0.05) is 0 Å². The van der Waals surface area contributed by atoms with Crippen molar-refractivity contribution in [2.75, 3.05) is 31.1 Å². The molecular weight excluding hydrogens is 240 g/mol. The summed E-state index contributed by atoms with van der Waals surface area (Å²) in [6.45, 7) is 5.41. The van der Waals surface area contributed by atoms with Crippen LogP contribution in [0.4, 0.5) is 6.01 Å². The molecule has 5 heteroatoms. The lowest BCUT2D eigenvalue weighted by Gasteiger charge is -2.36. The second-order valence-corrected chi connectivity index (χ2v) is 6.05. The van der Waals surface area contributed by atoms with Crippen molar-refractivity contribution in [2.24, 2.45) is 0 Å². The highest BCUT2D eigenvalue weighted by Gasteiger charge is 2.32. The van der Waals surface area contributed by atoms with E-state index < -0.39 is 0 Å². The number of nitrogens with zero attached hydrogens (tertiary/aromatic N) is 3. The zero-order chi connectivity index (χ0) is 12.7. The summed E-state index contributed by atoms with van der Waals surface area (Å²) in [6.07, 6.45) is 7.11. The third kappa shape index (κ3) is 2.49. The number of piperazine rings is 1. The van der Waals surface area contributed by atoms with Gasteiger partial charge in [-0.25, -0.2) is 0 Å². The average molecular weight is 262 g/mol. The molecule has 4 rings (SSSR count). The van der Waals surface area contributed by atoms with E-state index in [1.807, 2.05) is 6.26 Å². The Hall–Kier alpha value is -1.07. The monoisotopic (exact) mass is 262 g/mol. The Balaban J connectivity index is 1.38. The third-order valence-corrected chi connectivity index (χ3v) is 4.55. The Labute approximate surface area is 114 Å². The molecule has 2 saturated heterocycles. The molecule has 0 bridgehead atoms. The Kier molecular flexibility index (Phi) is 2.96. The molecule has 3 fully saturated rings. The molecule has 0 spiro atoms. The number of oxazole rings is 1. The van der Waals surface area contributed by atoms with Gasteiger partial charge in [0, 0.05) is 38.3 Å². The molecule has 3 heterocycles. The van der Waals surface area contributed by atoms with Gasteiger partial charge < -0.3 is 14.6 Å². The predicted octanol–water partition coefficient (Wildman–Crippen LogP) is 1.21. The van der Waals surface area contributed by atoms with Gasteiger partial charge in [0.15, 0.2) is 0 Å². The number of hydrogen-bond donors (Lipinski definition) is 1. The summed E-state index contributed by atoms with van der Waals surface area (Å²) in [5.41, 5.74) is 1.04. The van der Waals surface area contributed by atoms with Crippen molar-refractivity contribution in [2.45, 2.75) is 44.3 Å². The van der Waals surface area contributed by atoms with Gasteiger partial charge in [0.2, 0.25) is 0 Å². The zero-order valence-corrected chi connectivity index (χ0v) is 11.3. The number of rotatable bonds is 4. The maximum atomic E-state index is 5.66. The van der Waals surface area contributed by atoms with E-state index in [2.05, 4.69) is 20.1 Å². The highest BCUT2D eigenvalue weighted by molar-refractivity contribution is 5.29. The lowest BCUT2D eigenvalue weighted by molar-refractivity contribution is 0.226. The normalized spacial score (nSPS) is 27.8. The Morgan fingerprint density at radius 3 is 3.11 bits per heavy atom. The van der Waals surface area contributed by atoms with E-state index in [0.717, 1.165) is 43.9 Å². The summed E-state index contributed by atoms with van der Waals surface area (Å²) in [6, 6.07) is 2.26. The smallest absolute Gasteiger partial charge is 0.297 e. The number of fused-ring (bicyclic) bond motifs is 1. The van der Waals surface area contributed by atoms with E-state index >= 15 is 0 Å². The molecular formula is C14H22N4O. The maximum absolute atomic E-state index is 5.66. The van der Waals surface area contributed by atoms with E-state index in [-0.39, 0.29) is 0 Å². The van der Waals surface area contributed by atoms with Crippen molar-refractivity contribution in [3.8, 4) is 0 Å². The largest absolute Gasteiger partial charge is 0.432 e. The average Bonchev–Trinajstić information content (AvgIpc) is 2.96. The summed E-state index contributed by atoms with van der Waals surface area (Å²) in [5.74, 6) is 0. The molecule has 0 amide bonds. The van der Waals surface area contributed by atoms with E-state index in [1.54, 1.807) is 0 Å². The number of anilines is 1. The van der Waals surface area contributed by atoms with Gasteiger partial charge in [-0.05, 0) is 32.2 Å². The highest BCUT2D eigenvalue weighted by Crippen LogP contribution is 2.25. The fraction of sp³-hybridized carbons (Fsp3) is 0.786. The van der Waals surface area contributed by atoms with Crippen LogP contribution in [0.15, 0.2) is 10.7 Å². The first-order valence-electron chi connectivity index (χ1n) is 7.55. The minimum Gasteiger partial charge on any atom is -0.432 e. The lowest BCUT2D eigenvalue weighted by Crippen LogP contribution is -2.50. The van der Waals surface area contributed by atoms with Gasteiger partial charge in [0.1, 0.15) is 6.26 Å². The van der Waals surface area contributed by atoms with Crippen LogP contribution in [0.3, 0.4) is 0 Å². The molecule has 3 aliphatic rings. The van der Waals surface area contributed by atoms with Crippen LogP contribution in [0, 0.1) is 0 Å². The van der Waals surface area contributed by atoms with Crippen LogP contribution < -0.4 is 10.2 Å². The lowest BCUT2D eigenvalue weighted by atomic mass is 10.2. The van der Waals surface area contributed by atoms with Crippen LogP contribution in [0.25, 0.3) is 0 Å². The van der Waals surface area contributed by atoms with Crippen molar-refractivity contribution >= 4 is 6.01 Å². The van der Waals surface area contributed by atoms with E-state index in [1.165, 1.54) is 32.2 Å². The molecule has 19 heavy (non-hydrogen) atoms. The van der Waals surface area contributed by atoms with Gasteiger partial charge in [0.25, 0.3) is 6.01 Å². The number of aromatic nitrogens is 1. The second kappa shape index (κ2) is 4.80. The van der Waals surface area contributed by atoms with Gasteiger partial charge >= 0.3 is 0 Å². The zero-order valence-electron chi connectivity index (χ0n) is 11.3. The molecule has 1 aliphatic carbocycles. The van der Waals surface area contributed by atoms with Crippen LogP contribution in [-0.2, 0) is 6.54 Å². The second-order valence-electron chi connectivity index (χ2n) is 6.05. The van der Waals surface area contributed by atoms with Gasteiger partial charge in [-0.2, -0.15) is 4.98 Å². The highest BCUT2D eigenvalue weighted by atomic mass is 16.4. The van der Waals surface area contributed by atoms with E-state index in [9.17, 15) is 0 Å². The SMILES string of the molecule is c1oc(N2CCN3CCCC3C2)nc1CNC1CC1. The van der Waals surface area contributed by atoms with Crippen molar-refractivity contribution in [1.29, 1.82) is 0 Å². The van der Waals surface area contributed by atoms with E-state index in [0.29, 0.717) is 6.04 Å². The topological polar surface area (TPSA) is 44.5 Å². The van der Waals surface area contributed by atoms with Gasteiger partial charge in [0.05, 0.1) is 5.69 Å². The molecule has 0 radical (unpaired) electrons. The van der Waals surface area contributed by atoms with Gasteiger partial charge in [-0.3, -0.25) is 4.90 Å². The predicted molar refractivity (Wildman–Crippen MR) is 73.2 cm³/mol. The first-order valence-corrected chi connectivity index (χ1v) is 7.55. The van der Waals surface area contributed by atoms with Crippen molar-refractivity contribution in [3.63, 3.8) is 0 Å². The van der Waals surface area contributed by atoms with Crippen LogP contribution in [-0.4, -0.2) is 48.1 Å². The Morgan fingerprint density at radius 1 is 1.26 bits per heavy atom. The minimum absolute atomic E-state index is 0.716. The summed E-state index contributed by atoms with van der Waals surface area (Å²) in [7, 11) is 0. The minimum atomic E-state index is 0.716. The Bertz CT molecular complexity index is 442. The van der Waals surface area contributed by atoms with E-state index in [4.69, 9.17) is 4.42 Å². The third-order valence-electron chi connectivity index (χ3n) is 4.55.